The SMILES string of the molecule is CC(C(=O)NC(C)(C)C)N(Cc1ccccc1Cl)C(=O)CCCN(c1ccc(F)c(F)c1)S(C)(=O)=O. The summed E-state index contributed by atoms with van der Waals surface area (Å²) in [5, 5.41) is 3.31. The van der Waals surface area contributed by atoms with E-state index in [1.165, 1.54) is 4.90 Å². The zero-order chi connectivity index (χ0) is 27.3. The van der Waals surface area contributed by atoms with Crippen LogP contribution in [0.1, 0.15) is 46.1 Å². The molecule has 0 aliphatic carbocycles. The highest BCUT2D eigenvalue weighted by atomic mass is 35.5. The molecule has 2 amide bonds. The average Bonchev–Trinajstić information content (AvgIpc) is 2.75. The van der Waals surface area contributed by atoms with Crippen LogP contribution < -0.4 is 9.62 Å². The van der Waals surface area contributed by atoms with Gasteiger partial charge in [0, 0.05) is 36.1 Å². The normalized spacial score (nSPS) is 12.7. The van der Waals surface area contributed by atoms with Crippen molar-refractivity contribution in [3.8, 4) is 0 Å². The Morgan fingerprint density at radius 3 is 2.28 bits per heavy atom. The molecule has 198 valence electrons. The molecule has 0 radical (unpaired) electrons. The first-order valence-electron chi connectivity index (χ1n) is 11.4. The fourth-order valence-corrected chi connectivity index (χ4v) is 4.66. The van der Waals surface area contributed by atoms with Gasteiger partial charge in [-0.25, -0.2) is 17.2 Å². The summed E-state index contributed by atoms with van der Waals surface area (Å²) in [4.78, 5) is 27.5. The molecule has 0 saturated carbocycles. The van der Waals surface area contributed by atoms with Gasteiger partial charge >= 0.3 is 0 Å². The van der Waals surface area contributed by atoms with Gasteiger partial charge in [0.25, 0.3) is 0 Å². The van der Waals surface area contributed by atoms with E-state index < -0.39 is 33.2 Å². The van der Waals surface area contributed by atoms with Gasteiger partial charge in [0.05, 0.1) is 11.9 Å². The highest BCUT2D eigenvalue weighted by Crippen LogP contribution is 2.23. The first kappa shape index (κ1) is 29.5. The first-order chi connectivity index (χ1) is 16.6. The van der Waals surface area contributed by atoms with E-state index in [0.717, 1.165) is 28.8 Å². The topological polar surface area (TPSA) is 86.8 Å². The molecule has 2 aromatic carbocycles. The van der Waals surface area contributed by atoms with E-state index in [9.17, 15) is 26.8 Å². The van der Waals surface area contributed by atoms with Crippen molar-refractivity contribution in [2.45, 2.75) is 58.7 Å². The number of hydrogen-bond acceptors (Lipinski definition) is 4. The van der Waals surface area contributed by atoms with Crippen molar-refractivity contribution in [1.29, 1.82) is 0 Å². The van der Waals surface area contributed by atoms with E-state index in [0.29, 0.717) is 10.6 Å². The smallest absolute Gasteiger partial charge is 0.242 e. The van der Waals surface area contributed by atoms with Crippen LogP contribution in [0.5, 0.6) is 0 Å². The molecule has 1 N–H and O–H groups in total. The van der Waals surface area contributed by atoms with Crippen molar-refractivity contribution in [3.05, 3.63) is 64.7 Å². The van der Waals surface area contributed by atoms with E-state index >= 15 is 0 Å². The van der Waals surface area contributed by atoms with Gasteiger partial charge in [-0.1, -0.05) is 29.8 Å². The number of hydrogen-bond donors (Lipinski definition) is 1. The van der Waals surface area contributed by atoms with Crippen molar-refractivity contribution >= 4 is 39.1 Å². The summed E-state index contributed by atoms with van der Waals surface area (Å²) in [6, 6.07) is 8.93. The van der Waals surface area contributed by atoms with Crippen LogP contribution in [0.3, 0.4) is 0 Å². The summed E-state index contributed by atoms with van der Waals surface area (Å²) in [5.41, 5.74) is 0.0994. The molecule has 0 saturated heterocycles. The Bertz CT molecular complexity index is 1200. The molecule has 1 atom stereocenters. The molecule has 0 aliphatic rings. The molecule has 2 rings (SSSR count). The van der Waals surface area contributed by atoms with E-state index in [2.05, 4.69) is 5.32 Å². The Kier molecular flexibility index (Phi) is 9.85. The Morgan fingerprint density at radius 2 is 1.72 bits per heavy atom. The lowest BCUT2D eigenvalue weighted by Crippen LogP contribution is -2.52. The Balaban J connectivity index is 2.22. The van der Waals surface area contributed by atoms with Gasteiger partial charge in [-0.15, -0.1) is 0 Å². The predicted octanol–water partition coefficient (Wildman–Crippen LogP) is 4.50. The molecular weight excluding hydrogens is 512 g/mol. The Labute approximate surface area is 216 Å². The molecule has 1 unspecified atom stereocenters. The average molecular weight is 544 g/mol. The molecule has 0 aliphatic heterocycles. The zero-order valence-corrected chi connectivity index (χ0v) is 22.6. The van der Waals surface area contributed by atoms with E-state index in [4.69, 9.17) is 11.6 Å². The molecule has 0 spiro atoms. The lowest BCUT2D eigenvalue weighted by Gasteiger charge is -2.32. The molecule has 0 heterocycles. The number of nitrogens with one attached hydrogen (secondary N) is 1. The fourth-order valence-electron chi connectivity index (χ4n) is 3.51. The number of sulfonamides is 1. The maximum absolute atomic E-state index is 13.7. The number of anilines is 1. The van der Waals surface area contributed by atoms with Crippen LogP contribution in [0.4, 0.5) is 14.5 Å². The van der Waals surface area contributed by atoms with Gasteiger partial charge in [0.1, 0.15) is 6.04 Å². The number of nitrogens with zero attached hydrogens (tertiary/aromatic N) is 2. The maximum Gasteiger partial charge on any atom is 0.242 e. The van der Waals surface area contributed by atoms with Gasteiger partial charge in [-0.3, -0.25) is 13.9 Å². The first-order valence-corrected chi connectivity index (χ1v) is 13.6. The van der Waals surface area contributed by atoms with E-state index in [1.54, 1.807) is 31.2 Å². The summed E-state index contributed by atoms with van der Waals surface area (Å²) in [6.07, 6.45) is 0.934. The van der Waals surface area contributed by atoms with Gasteiger partial charge in [-0.2, -0.15) is 0 Å². The summed E-state index contributed by atoms with van der Waals surface area (Å²) >= 11 is 6.28. The molecule has 0 bridgehead atoms. The summed E-state index contributed by atoms with van der Waals surface area (Å²) in [6.45, 7) is 7.04. The maximum atomic E-state index is 13.7. The minimum atomic E-state index is -3.83. The predicted molar refractivity (Wildman–Crippen MR) is 137 cm³/mol. The fraction of sp³-hybridized carbons (Fsp3) is 0.440. The van der Waals surface area contributed by atoms with Crippen molar-refractivity contribution in [2.24, 2.45) is 0 Å². The molecule has 11 heteroatoms. The van der Waals surface area contributed by atoms with Crippen LogP contribution in [-0.4, -0.2) is 49.5 Å². The summed E-state index contributed by atoms with van der Waals surface area (Å²) in [5.74, 6) is -3.00. The molecule has 7 nitrogen and oxygen atoms in total. The quantitative estimate of drug-likeness (QED) is 0.478. The monoisotopic (exact) mass is 543 g/mol. The number of rotatable bonds is 10. The van der Waals surface area contributed by atoms with Gasteiger partial charge in [-0.05, 0) is 57.9 Å². The van der Waals surface area contributed by atoms with Crippen LogP contribution >= 0.6 is 11.6 Å². The second kappa shape index (κ2) is 12.0. The van der Waals surface area contributed by atoms with Crippen molar-refractivity contribution in [1.82, 2.24) is 10.2 Å². The van der Waals surface area contributed by atoms with Gasteiger partial charge in [0.15, 0.2) is 11.6 Å². The third-order valence-corrected chi connectivity index (χ3v) is 6.87. The van der Waals surface area contributed by atoms with Crippen molar-refractivity contribution < 1.29 is 26.8 Å². The van der Waals surface area contributed by atoms with Gasteiger partial charge in [0.2, 0.25) is 21.8 Å². The minimum absolute atomic E-state index is 0.0466. The second-order valence-electron chi connectivity index (χ2n) is 9.57. The van der Waals surface area contributed by atoms with Crippen LogP contribution in [-0.2, 0) is 26.2 Å². The Hall–Kier alpha value is -2.72. The van der Waals surface area contributed by atoms with Crippen LogP contribution in [0, 0.1) is 11.6 Å². The number of carbonyl (C=O) groups is 2. The highest BCUT2D eigenvalue weighted by molar-refractivity contribution is 7.92. The largest absolute Gasteiger partial charge is 0.350 e. The van der Waals surface area contributed by atoms with Gasteiger partial charge < -0.3 is 10.2 Å². The summed E-state index contributed by atoms with van der Waals surface area (Å²) in [7, 11) is -3.83. The molecule has 0 fully saturated rings. The Morgan fingerprint density at radius 1 is 1.08 bits per heavy atom. The van der Waals surface area contributed by atoms with E-state index in [-0.39, 0.29) is 43.4 Å². The standard InChI is InChI=1S/C25H32ClF2N3O4S/c1-17(24(33)29-25(2,3)4)30(16-18-9-6-7-10-20(18)26)23(32)11-8-14-31(36(5,34)35)19-12-13-21(27)22(28)15-19/h6-7,9-10,12-13,15,17H,8,11,14,16H2,1-5H3,(H,29,33). The van der Waals surface area contributed by atoms with Crippen LogP contribution in [0.2, 0.25) is 5.02 Å². The van der Waals surface area contributed by atoms with Crippen molar-refractivity contribution in [2.75, 3.05) is 17.1 Å². The van der Waals surface area contributed by atoms with Crippen LogP contribution in [0.15, 0.2) is 42.5 Å². The third kappa shape index (κ3) is 8.44. The number of carbonyl (C=O) groups excluding carboxylic acids is 2. The number of benzene rings is 2. The minimum Gasteiger partial charge on any atom is -0.350 e. The van der Waals surface area contributed by atoms with Crippen LogP contribution in [0.25, 0.3) is 0 Å². The number of amides is 2. The zero-order valence-electron chi connectivity index (χ0n) is 21.0. The molecule has 2 aromatic rings. The highest BCUT2D eigenvalue weighted by Gasteiger charge is 2.29. The molecule has 36 heavy (non-hydrogen) atoms. The second-order valence-corrected chi connectivity index (χ2v) is 11.9. The molecular formula is C25H32ClF2N3O4S. The van der Waals surface area contributed by atoms with E-state index in [1.807, 2.05) is 20.8 Å². The lowest BCUT2D eigenvalue weighted by molar-refractivity contribution is -0.141. The third-order valence-electron chi connectivity index (χ3n) is 5.31. The number of halogens is 3. The lowest BCUT2D eigenvalue weighted by atomic mass is 10.1. The molecule has 0 aromatic heterocycles. The summed E-state index contributed by atoms with van der Waals surface area (Å²) < 4.78 is 52.5. The van der Waals surface area contributed by atoms with Crippen molar-refractivity contribution in [3.63, 3.8) is 0 Å².